The van der Waals surface area contributed by atoms with Gasteiger partial charge in [-0.1, -0.05) is 6.07 Å². The Labute approximate surface area is 183 Å². The number of amides is 1. The second-order valence-corrected chi connectivity index (χ2v) is 8.98. The lowest BCUT2D eigenvalue weighted by atomic mass is 10.0. The molecule has 0 bridgehead atoms. The van der Waals surface area contributed by atoms with Crippen molar-refractivity contribution in [3.05, 3.63) is 41.8 Å². The fourth-order valence-electron chi connectivity index (χ4n) is 3.75. The molecule has 2 heterocycles. The molecule has 7 nitrogen and oxygen atoms in total. The molecule has 170 valence electrons. The summed E-state index contributed by atoms with van der Waals surface area (Å²) >= 11 is 0. The second-order valence-electron chi connectivity index (χ2n) is 8.98. The van der Waals surface area contributed by atoms with Crippen LogP contribution in [0.15, 0.2) is 30.5 Å². The first-order chi connectivity index (χ1) is 14.7. The first kappa shape index (κ1) is 23.2. The molecule has 1 aliphatic heterocycles. The Bertz CT molecular complexity index is 884. The number of aryl methyl sites for hydroxylation is 1. The fourth-order valence-corrected chi connectivity index (χ4v) is 3.75. The van der Waals surface area contributed by atoms with Gasteiger partial charge in [-0.15, -0.1) is 0 Å². The first-order valence-electron chi connectivity index (χ1n) is 11.0. The van der Waals surface area contributed by atoms with Gasteiger partial charge in [0.2, 0.25) is 0 Å². The molecule has 0 unspecified atom stereocenters. The molecule has 1 aromatic carbocycles. The largest absolute Gasteiger partial charge is 0.444 e. The monoisotopic (exact) mass is 431 g/mol. The Balaban J connectivity index is 1.51. The van der Waals surface area contributed by atoms with Crippen molar-refractivity contribution in [1.29, 1.82) is 0 Å². The van der Waals surface area contributed by atoms with Crippen LogP contribution in [0.25, 0.3) is 11.3 Å². The highest BCUT2D eigenvalue weighted by Crippen LogP contribution is 2.26. The standard InChI is InChI=1S/C23H34FN5O2/c1-5-29-21(8-10-26-29)18-7-6-17(16-19(18)24)20(25)9-11-27-12-14-28(15-13-27)22(30)31-23(2,3)4/h6-8,10,16,20H,5,9,11-15,25H2,1-4H3/t20-/m0/s1. The summed E-state index contributed by atoms with van der Waals surface area (Å²) in [7, 11) is 0. The molecule has 1 amide bonds. The molecule has 0 radical (unpaired) electrons. The molecule has 0 saturated carbocycles. The smallest absolute Gasteiger partial charge is 0.410 e. The van der Waals surface area contributed by atoms with Crippen LogP contribution in [0, 0.1) is 5.82 Å². The quantitative estimate of drug-likeness (QED) is 0.756. The van der Waals surface area contributed by atoms with Crippen LogP contribution >= 0.6 is 0 Å². The van der Waals surface area contributed by atoms with Gasteiger partial charge in [0.05, 0.1) is 5.69 Å². The molecule has 1 saturated heterocycles. The number of piperazine rings is 1. The lowest BCUT2D eigenvalue weighted by molar-refractivity contribution is 0.0143. The number of carbonyl (C=O) groups is 1. The molecule has 1 aromatic heterocycles. The summed E-state index contributed by atoms with van der Waals surface area (Å²) < 4.78 is 22.0. The predicted molar refractivity (Wildman–Crippen MR) is 119 cm³/mol. The van der Waals surface area contributed by atoms with Crippen LogP contribution in [0.4, 0.5) is 9.18 Å². The van der Waals surface area contributed by atoms with Crippen molar-refractivity contribution < 1.29 is 13.9 Å². The van der Waals surface area contributed by atoms with Crippen molar-refractivity contribution in [2.24, 2.45) is 5.73 Å². The Morgan fingerprint density at radius 1 is 1.23 bits per heavy atom. The Morgan fingerprint density at radius 2 is 1.94 bits per heavy atom. The number of halogens is 1. The first-order valence-corrected chi connectivity index (χ1v) is 11.0. The molecule has 3 rings (SSSR count). The highest BCUT2D eigenvalue weighted by Gasteiger charge is 2.26. The highest BCUT2D eigenvalue weighted by molar-refractivity contribution is 5.68. The topological polar surface area (TPSA) is 76.6 Å². The third kappa shape index (κ3) is 6.04. The Morgan fingerprint density at radius 3 is 2.55 bits per heavy atom. The van der Waals surface area contributed by atoms with Crippen LogP contribution < -0.4 is 5.73 Å². The molecule has 1 atom stereocenters. The zero-order valence-corrected chi connectivity index (χ0v) is 19.0. The number of nitrogens with two attached hydrogens (primary N) is 1. The maximum Gasteiger partial charge on any atom is 0.410 e. The van der Waals surface area contributed by atoms with Crippen LogP contribution in [0.3, 0.4) is 0 Å². The molecular formula is C23H34FN5O2. The Kier molecular flexibility index (Phi) is 7.33. The molecule has 2 N–H and O–H groups in total. The van der Waals surface area contributed by atoms with E-state index in [4.69, 9.17) is 10.5 Å². The number of benzene rings is 1. The Hall–Kier alpha value is -2.45. The molecule has 2 aromatic rings. The minimum absolute atomic E-state index is 0.247. The normalized spacial score (nSPS) is 16.4. The lowest BCUT2D eigenvalue weighted by Crippen LogP contribution is -2.50. The van der Waals surface area contributed by atoms with Crippen LogP contribution in [0.2, 0.25) is 0 Å². The summed E-state index contributed by atoms with van der Waals surface area (Å²) in [6.07, 6.45) is 2.14. The number of ether oxygens (including phenoxy) is 1. The number of carbonyl (C=O) groups excluding carboxylic acids is 1. The van der Waals surface area contributed by atoms with Crippen molar-refractivity contribution in [3.63, 3.8) is 0 Å². The van der Waals surface area contributed by atoms with Crippen LogP contribution in [0.5, 0.6) is 0 Å². The van der Waals surface area contributed by atoms with E-state index in [2.05, 4.69) is 10.00 Å². The summed E-state index contributed by atoms with van der Waals surface area (Å²) in [6.45, 7) is 11.9. The van der Waals surface area contributed by atoms with Crippen LogP contribution in [-0.4, -0.2) is 64.0 Å². The molecule has 31 heavy (non-hydrogen) atoms. The van der Waals surface area contributed by atoms with E-state index in [0.717, 1.165) is 37.3 Å². The SMILES string of the molecule is CCn1nccc1-c1ccc([C@@H](N)CCN2CCN(C(=O)OC(C)(C)C)CC2)cc1F. The summed E-state index contributed by atoms with van der Waals surface area (Å²) in [6, 6.07) is 6.79. The molecule has 1 aliphatic rings. The molecule has 1 fully saturated rings. The molecule has 0 aliphatic carbocycles. The maximum atomic E-state index is 14.8. The summed E-state index contributed by atoms with van der Waals surface area (Å²) in [4.78, 5) is 16.2. The predicted octanol–water partition coefficient (Wildman–Crippen LogP) is 3.65. The number of rotatable bonds is 6. The number of aromatic nitrogens is 2. The van der Waals surface area contributed by atoms with Gasteiger partial charge in [-0.2, -0.15) is 5.10 Å². The van der Waals surface area contributed by atoms with Gasteiger partial charge in [0.15, 0.2) is 0 Å². The fraction of sp³-hybridized carbons (Fsp3) is 0.565. The highest BCUT2D eigenvalue weighted by atomic mass is 19.1. The summed E-state index contributed by atoms with van der Waals surface area (Å²) in [5.41, 5.74) is 7.96. The van der Waals surface area contributed by atoms with E-state index in [1.54, 1.807) is 21.8 Å². The van der Waals surface area contributed by atoms with Gasteiger partial charge in [-0.3, -0.25) is 9.58 Å². The summed E-state index contributed by atoms with van der Waals surface area (Å²) in [5, 5.41) is 4.21. The van der Waals surface area contributed by atoms with Gasteiger partial charge >= 0.3 is 6.09 Å². The van der Waals surface area contributed by atoms with Crippen molar-refractivity contribution in [2.75, 3.05) is 32.7 Å². The molecule has 8 heteroatoms. The van der Waals surface area contributed by atoms with Gasteiger partial charge in [-0.25, -0.2) is 9.18 Å². The van der Waals surface area contributed by atoms with Crippen molar-refractivity contribution in [2.45, 2.75) is 52.3 Å². The van der Waals surface area contributed by atoms with E-state index in [1.165, 1.54) is 6.07 Å². The average Bonchev–Trinajstić information content (AvgIpc) is 3.19. The van der Waals surface area contributed by atoms with Gasteiger partial charge < -0.3 is 15.4 Å². The number of nitrogens with zero attached hydrogens (tertiary/aromatic N) is 4. The third-order valence-electron chi connectivity index (χ3n) is 5.49. The van der Waals surface area contributed by atoms with E-state index in [0.29, 0.717) is 25.2 Å². The van der Waals surface area contributed by atoms with Crippen molar-refractivity contribution in [3.8, 4) is 11.3 Å². The van der Waals surface area contributed by atoms with Gasteiger partial charge in [-0.05, 0) is 57.9 Å². The van der Waals surface area contributed by atoms with Gasteiger partial charge in [0.25, 0.3) is 0 Å². The molecular weight excluding hydrogens is 397 g/mol. The van der Waals surface area contributed by atoms with Crippen LogP contribution in [0.1, 0.15) is 45.7 Å². The van der Waals surface area contributed by atoms with Crippen molar-refractivity contribution >= 4 is 6.09 Å². The van der Waals surface area contributed by atoms with Gasteiger partial charge in [0, 0.05) is 57.1 Å². The van der Waals surface area contributed by atoms with E-state index in [-0.39, 0.29) is 18.0 Å². The molecule has 0 spiro atoms. The van der Waals surface area contributed by atoms with Crippen LogP contribution in [-0.2, 0) is 11.3 Å². The van der Waals surface area contributed by atoms with E-state index in [9.17, 15) is 9.18 Å². The zero-order chi connectivity index (χ0) is 22.6. The summed E-state index contributed by atoms with van der Waals surface area (Å²) in [5.74, 6) is -0.283. The van der Waals surface area contributed by atoms with E-state index < -0.39 is 5.60 Å². The zero-order valence-electron chi connectivity index (χ0n) is 19.0. The average molecular weight is 432 g/mol. The number of hydrogen-bond acceptors (Lipinski definition) is 5. The minimum Gasteiger partial charge on any atom is -0.444 e. The lowest BCUT2D eigenvalue weighted by Gasteiger charge is -2.36. The van der Waals surface area contributed by atoms with E-state index >= 15 is 0 Å². The van der Waals surface area contributed by atoms with Gasteiger partial charge in [0.1, 0.15) is 11.4 Å². The van der Waals surface area contributed by atoms with E-state index in [1.807, 2.05) is 39.8 Å². The minimum atomic E-state index is -0.484. The third-order valence-corrected chi connectivity index (χ3v) is 5.49. The van der Waals surface area contributed by atoms with Crippen molar-refractivity contribution in [1.82, 2.24) is 19.6 Å². The maximum absolute atomic E-state index is 14.8. The number of hydrogen-bond donors (Lipinski definition) is 1. The second kappa shape index (κ2) is 9.78.